The topological polar surface area (TPSA) is 81.7 Å². The molecule has 2 atom stereocenters. The van der Waals surface area contributed by atoms with E-state index in [0.29, 0.717) is 3.59 Å². The van der Waals surface area contributed by atoms with Gasteiger partial charge < -0.3 is 0 Å². The first kappa shape index (κ1) is 33.7. The van der Waals surface area contributed by atoms with Crippen LogP contribution in [-0.4, -0.2) is 60.1 Å². The van der Waals surface area contributed by atoms with Crippen molar-refractivity contribution < 1.29 is 37.0 Å². The molecule has 0 saturated heterocycles. The second kappa shape index (κ2) is 15.1. The van der Waals surface area contributed by atoms with Crippen molar-refractivity contribution in [3.63, 3.8) is 0 Å². The molecule has 0 saturated carbocycles. The van der Waals surface area contributed by atoms with E-state index in [4.69, 9.17) is 9.47 Å². The molecule has 0 aliphatic rings. The maximum absolute atomic E-state index is 13.2. The molecule has 0 aliphatic heterocycles. The number of hydrogen-bond acceptors (Lipinski definition) is 5. The summed E-state index contributed by atoms with van der Waals surface area (Å²) in [5, 5.41) is 1.76. The summed E-state index contributed by atoms with van der Waals surface area (Å²) in [7, 11) is 0. The summed E-state index contributed by atoms with van der Waals surface area (Å²) >= 11 is -3.44. The number of alkyl halides is 3. The number of rotatable bonds is 15. The van der Waals surface area contributed by atoms with Crippen LogP contribution in [0.1, 0.15) is 87.0 Å². The molecule has 0 rings (SSSR count). The Morgan fingerprint density at radius 2 is 1.34 bits per heavy atom. The van der Waals surface area contributed by atoms with E-state index in [2.05, 4.69) is 27.4 Å². The summed E-state index contributed by atoms with van der Waals surface area (Å²) < 4.78 is 53.6. The van der Waals surface area contributed by atoms with Gasteiger partial charge in [0.05, 0.1) is 0 Å². The molecule has 0 aromatic heterocycles. The first-order valence-corrected chi connectivity index (χ1v) is 20.0. The Bertz CT molecular complexity index is 697. The van der Waals surface area contributed by atoms with Gasteiger partial charge in [0.15, 0.2) is 0 Å². The molecule has 0 bridgehead atoms. The molecular formula is C25H44F3NO5Sn. The van der Waals surface area contributed by atoms with Gasteiger partial charge in [-0.25, -0.2) is 0 Å². The Balaban J connectivity index is 6.70. The molecule has 0 radical (unpaired) electrons. The summed E-state index contributed by atoms with van der Waals surface area (Å²) in [4.78, 5) is 37.1. The third kappa shape index (κ3) is 12.0. The summed E-state index contributed by atoms with van der Waals surface area (Å²) in [6.45, 7) is 16.3. The van der Waals surface area contributed by atoms with Crippen LogP contribution in [0.2, 0.25) is 13.3 Å². The Hall–Kier alpha value is -1.26. The third-order valence-corrected chi connectivity index (χ3v) is 21.8. The van der Waals surface area contributed by atoms with Crippen LogP contribution in [0.3, 0.4) is 0 Å². The number of unbranched alkanes of at least 4 members (excludes halogenated alkanes) is 3. The molecule has 2 unspecified atom stereocenters. The molecule has 10 heteroatoms. The zero-order valence-corrected chi connectivity index (χ0v) is 25.3. The van der Waals surface area contributed by atoms with E-state index in [0.717, 1.165) is 58.8 Å². The second-order valence-corrected chi connectivity index (χ2v) is 23.6. The van der Waals surface area contributed by atoms with Crippen LogP contribution >= 0.6 is 0 Å². The summed E-state index contributed by atoms with van der Waals surface area (Å²) in [6.07, 6.45) is -1.09. The molecule has 0 aromatic carbocycles. The quantitative estimate of drug-likeness (QED) is 0.174. The molecule has 0 spiro atoms. The summed E-state index contributed by atoms with van der Waals surface area (Å²) in [6, 6.07) is -1.85. The van der Waals surface area contributed by atoms with Gasteiger partial charge >= 0.3 is 213 Å². The Labute approximate surface area is 212 Å². The van der Waals surface area contributed by atoms with Crippen molar-refractivity contribution in [3.05, 3.63) is 10.2 Å². The number of halogens is 3. The Morgan fingerprint density at radius 1 is 0.914 bits per heavy atom. The molecule has 0 aromatic rings. The average Bonchev–Trinajstić information content (AvgIpc) is 2.73. The van der Waals surface area contributed by atoms with Gasteiger partial charge in [-0.2, -0.15) is 0 Å². The molecular weight excluding hydrogens is 570 g/mol. The van der Waals surface area contributed by atoms with Gasteiger partial charge in [0.25, 0.3) is 0 Å². The fourth-order valence-electron chi connectivity index (χ4n) is 4.07. The zero-order valence-electron chi connectivity index (χ0n) is 22.4. The van der Waals surface area contributed by atoms with Gasteiger partial charge in [-0.05, 0) is 0 Å². The fraction of sp³-hybridized carbons (Fsp3) is 0.800. The van der Waals surface area contributed by atoms with Gasteiger partial charge in [-0.15, -0.1) is 0 Å². The van der Waals surface area contributed by atoms with Gasteiger partial charge in [0, 0.05) is 0 Å². The van der Waals surface area contributed by atoms with Crippen LogP contribution in [0.25, 0.3) is 0 Å². The fourth-order valence-corrected chi connectivity index (χ4v) is 20.1. The molecule has 0 fully saturated rings. The predicted molar refractivity (Wildman–Crippen MR) is 133 cm³/mol. The van der Waals surface area contributed by atoms with Gasteiger partial charge in [-0.3, -0.25) is 0 Å². The average molecular weight is 614 g/mol. The van der Waals surface area contributed by atoms with E-state index in [1.807, 2.05) is 0 Å². The van der Waals surface area contributed by atoms with Crippen LogP contribution in [0.15, 0.2) is 10.2 Å². The Kier molecular flexibility index (Phi) is 14.6. The normalized spacial score (nSPS) is 14.1. The number of nitrogens with one attached hydrogen (secondary N) is 1. The molecule has 0 aliphatic carbocycles. The van der Waals surface area contributed by atoms with Crippen molar-refractivity contribution in [2.75, 3.05) is 0 Å². The van der Waals surface area contributed by atoms with Crippen molar-refractivity contribution in [2.24, 2.45) is 0 Å². The van der Waals surface area contributed by atoms with Crippen molar-refractivity contribution >= 4 is 36.2 Å². The molecule has 35 heavy (non-hydrogen) atoms. The second-order valence-electron chi connectivity index (χ2n) is 10.1. The first-order chi connectivity index (χ1) is 16.0. The van der Waals surface area contributed by atoms with E-state index >= 15 is 0 Å². The number of hydrogen-bond donors (Lipinski definition) is 1. The van der Waals surface area contributed by atoms with Crippen LogP contribution in [0.5, 0.6) is 0 Å². The minimum atomic E-state index is -5.23. The van der Waals surface area contributed by atoms with E-state index in [1.54, 1.807) is 26.1 Å². The van der Waals surface area contributed by atoms with Gasteiger partial charge in [0.1, 0.15) is 0 Å². The summed E-state index contributed by atoms with van der Waals surface area (Å²) in [5.74, 6) is -4.16. The molecule has 204 valence electrons. The molecule has 1 N–H and O–H groups in total. The van der Waals surface area contributed by atoms with E-state index < -0.39 is 60.1 Å². The first-order valence-electron chi connectivity index (χ1n) is 12.5. The minimum absolute atomic E-state index is 0.545. The van der Waals surface area contributed by atoms with Crippen LogP contribution in [0, 0.1) is 0 Å². The SMILES string of the molecule is C=[C](C(OC(C)=O)C(NC(=O)C(F)(F)F)C(=O)OC(C)(C)C)[Sn]([CH2]CCC)([CH2]CCC)[CH2]CCC. The number of esters is 2. The third-order valence-electron chi connectivity index (χ3n) is 5.85. The van der Waals surface area contributed by atoms with Crippen molar-refractivity contribution in [2.45, 2.75) is 124 Å². The number of carbonyl (C=O) groups is 3. The molecule has 1 amide bonds. The van der Waals surface area contributed by atoms with Crippen molar-refractivity contribution in [1.29, 1.82) is 0 Å². The van der Waals surface area contributed by atoms with Crippen molar-refractivity contribution in [3.8, 4) is 0 Å². The number of ether oxygens (including phenoxy) is 2. The maximum atomic E-state index is 13.2. The van der Waals surface area contributed by atoms with Gasteiger partial charge in [-0.1, -0.05) is 0 Å². The standard InChI is InChI=1S/C13H17F3NO5.3C4H9.Sn/c1-6-8(21-7(2)18)9(10(19)22-12(3,4)5)17-11(20)13(14,15)16;3*1-3-4-2;/h8-9H,1H2,2-5H3,(H,17,20);3*1,3-4H2,2H3;. The van der Waals surface area contributed by atoms with E-state index in [-0.39, 0.29) is 0 Å². The Morgan fingerprint density at radius 3 is 1.66 bits per heavy atom. The number of amides is 1. The van der Waals surface area contributed by atoms with Crippen LogP contribution in [0.4, 0.5) is 13.2 Å². The van der Waals surface area contributed by atoms with E-state index in [1.165, 1.54) is 0 Å². The van der Waals surface area contributed by atoms with Gasteiger partial charge in [0.2, 0.25) is 0 Å². The predicted octanol–water partition coefficient (Wildman–Crippen LogP) is 6.25. The summed E-state index contributed by atoms with van der Waals surface area (Å²) in [5.41, 5.74) is -1.03. The van der Waals surface area contributed by atoms with Crippen LogP contribution < -0.4 is 5.32 Å². The number of carbonyl (C=O) groups excluding carboxylic acids is 3. The molecule has 0 heterocycles. The van der Waals surface area contributed by atoms with Crippen molar-refractivity contribution in [1.82, 2.24) is 5.32 Å². The monoisotopic (exact) mass is 615 g/mol. The zero-order chi connectivity index (χ0) is 27.4. The van der Waals surface area contributed by atoms with E-state index in [9.17, 15) is 27.6 Å². The molecule has 6 nitrogen and oxygen atoms in total. The van der Waals surface area contributed by atoms with Crippen LogP contribution in [-0.2, 0) is 23.9 Å².